The average molecular weight is 389 g/mol. The van der Waals surface area contributed by atoms with Gasteiger partial charge in [-0.3, -0.25) is 0 Å². The van der Waals surface area contributed by atoms with E-state index in [1.54, 1.807) is 12.1 Å². The van der Waals surface area contributed by atoms with Crippen LogP contribution in [0.25, 0.3) is 6.08 Å². The molecule has 0 spiro atoms. The highest BCUT2D eigenvalue weighted by atomic mass is 16.7. The zero-order chi connectivity index (χ0) is 21.3. The Morgan fingerprint density at radius 3 is 2.29 bits per heavy atom. The second kappa shape index (κ2) is 7.80. The van der Waals surface area contributed by atoms with E-state index in [0.717, 1.165) is 16.6 Å². The van der Waals surface area contributed by atoms with Crippen molar-refractivity contribution in [1.82, 2.24) is 5.32 Å². The van der Waals surface area contributed by atoms with Crippen LogP contribution in [0.4, 0.5) is 4.79 Å². The molecule has 7 heteroatoms. The molecule has 6 nitrogen and oxygen atoms in total. The molecule has 2 N–H and O–H groups in total. The molecule has 1 saturated heterocycles. The molecule has 0 bridgehead atoms. The predicted molar refractivity (Wildman–Crippen MR) is 111 cm³/mol. The number of hydrogen-bond donors (Lipinski definition) is 2. The van der Waals surface area contributed by atoms with Gasteiger partial charge in [-0.1, -0.05) is 12.1 Å². The third-order valence-electron chi connectivity index (χ3n) is 4.96. The number of benzene rings is 1. The van der Waals surface area contributed by atoms with Gasteiger partial charge >= 0.3 is 13.2 Å². The van der Waals surface area contributed by atoms with Crippen LogP contribution >= 0.6 is 0 Å². The Hall–Kier alpha value is -1.99. The van der Waals surface area contributed by atoms with Crippen LogP contribution in [0.1, 0.15) is 59.6 Å². The topological polar surface area (TPSA) is 77.0 Å². The van der Waals surface area contributed by atoms with Crippen LogP contribution in [0.3, 0.4) is 0 Å². The zero-order valence-electron chi connectivity index (χ0n) is 18.2. The molecular weight excluding hydrogens is 357 g/mol. The highest BCUT2D eigenvalue weighted by Crippen LogP contribution is 2.38. The van der Waals surface area contributed by atoms with Gasteiger partial charge in [0.05, 0.1) is 11.2 Å². The molecule has 0 aliphatic carbocycles. The number of aryl methyl sites for hydroxylation is 1. The lowest BCUT2D eigenvalue weighted by atomic mass is 9.77. The lowest BCUT2D eigenvalue weighted by Crippen LogP contribution is -2.41. The number of carbonyl (C=O) groups is 1. The SMILES string of the molecule is Cc1cc(C=C(CNC(=O)OC(C)(C)C)B2OC(C)(C)C(C)(C)O2)ccc1O. The zero-order valence-corrected chi connectivity index (χ0v) is 18.2. The Bertz CT molecular complexity index is 749. The monoisotopic (exact) mass is 389 g/mol. The van der Waals surface area contributed by atoms with E-state index in [-0.39, 0.29) is 12.3 Å². The third kappa shape index (κ3) is 5.52. The molecule has 0 aromatic heterocycles. The van der Waals surface area contributed by atoms with Gasteiger partial charge in [0.2, 0.25) is 0 Å². The quantitative estimate of drug-likeness (QED) is 0.754. The van der Waals surface area contributed by atoms with Gasteiger partial charge in [0.15, 0.2) is 0 Å². The summed E-state index contributed by atoms with van der Waals surface area (Å²) < 4.78 is 17.6. The molecule has 1 aliphatic rings. The van der Waals surface area contributed by atoms with E-state index in [1.165, 1.54) is 0 Å². The standard InChI is InChI=1S/C21H32BNO5/c1-14-11-15(9-10-17(14)24)12-16(13-23-18(25)26-19(2,3)4)22-27-20(5,6)21(7,8)28-22/h9-12,24H,13H2,1-8H3,(H,23,25). The Morgan fingerprint density at radius 2 is 1.79 bits per heavy atom. The van der Waals surface area contributed by atoms with Crippen LogP contribution in [0.2, 0.25) is 0 Å². The molecule has 1 amide bonds. The Labute approximate surface area is 168 Å². The van der Waals surface area contributed by atoms with E-state index in [2.05, 4.69) is 5.32 Å². The minimum Gasteiger partial charge on any atom is -0.508 e. The molecule has 1 heterocycles. The molecule has 0 saturated carbocycles. The van der Waals surface area contributed by atoms with E-state index in [1.807, 2.05) is 67.5 Å². The number of carbonyl (C=O) groups excluding carboxylic acids is 1. The molecule has 1 fully saturated rings. The van der Waals surface area contributed by atoms with Gasteiger partial charge in [0.25, 0.3) is 0 Å². The highest BCUT2D eigenvalue weighted by Gasteiger charge is 2.52. The first-order valence-electron chi connectivity index (χ1n) is 9.53. The fraction of sp³-hybridized carbons (Fsp3) is 0.571. The van der Waals surface area contributed by atoms with Crippen molar-refractivity contribution < 1.29 is 23.9 Å². The minimum absolute atomic E-state index is 0.214. The number of phenolic OH excluding ortho intramolecular Hbond substituents is 1. The maximum Gasteiger partial charge on any atom is 0.492 e. The summed E-state index contributed by atoms with van der Waals surface area (Å²) in [7, 11) is -0.603. The summed E-state index contributed by atoms with van der Waals surface area (Å²) in [5, 5.41) is 12.5. The molecule has 0 atom stereocenters. The van der Waals surface area contributed by atoms with E-state index >= 15 is 0 Å². The first-order chi connectivity index (χ1) is 12.7. The van der Waals surface area contributed by atoms with Gasteiger partial charge in [-0.15, -0.1) is 0 Å². The largest absolute Gasteiger partial charge is 0.508 e. The van der Waals surface area contributed by atoms with Gasteiger partial charge in [-0.05, 0) is 84.1 Å². The molecule has 1 aromatic carbocycles. The lowest BCUT2D eigenvalue weighted by molar-refractivity contribution is 0.00578. The summed E-state index contributed by atoms with van der Waals surface area (Å²) >= 11 is 0. The second-order valence-electron chi connectivity index (χ2n) is 9.21. The number of nitrogens with one attached hydrogen (secondary N) is 1. The summed E-state index contributed by atoms with van der Waals surface area (Å²) in [6, 6.07) is 5.32. The van der Waals surface area contributed by atoms with Crippen molar-refractivity contribution in [2.24, 2.45) is 0 Å². The van der Waals surface area contributed by atoms with Crippen molar-refractivity contribution in [3.05, 3.63) is 34.8 Å². The molecule has 28 heavy (non-hydrogen) atoms. The van der Waals surface area contributed by atoms with Crippen LogP contribution in [0, 0.1) is 6.92 Å². The summed E-state index contributed by atoms with van der Waals surface area (Å²) in [6.45, 7) is 15.4. The Balaban J connectivity index is 2.27. The van der Waals surface area contributed by atoms with Crippen molar-refractivity contribution in [3.8, 4) is 5.75 Å². The summed E-state index contributed by atoms with van der Waals surface area (Å²) in [5.41, 5.74) is 0.843. The van der Waals surface area contributed by atoms with Crippen LogP contribution in [-0.4, -0.2) is 41.7 Å². The van der Waals surface area contributed by atoms with Crippen molar-refractivity contribution in [1.29, 1.82) is 0 Å². The van der Waals surface area contributed by atoms with Crippen molar-refractivity contribution >= 4 is 19.3 Å². The lowest BCUT2D eigenvalue weighted by Gasteiger charge is -2.32. The number of rotatable bonds is 4. The third-order valence-corrected chi connectivity index (χ3v) is 4.96. The number of ether oxygens (including phenoxy) is 1. The number of aromatic hydroxyl groups is 1. The fourth-order valence-electron chi connectivity index (χ4n) is 2.67. The van der Waals surface area contributed by atoms with Gasteiger partial charge in [0.1, 0.15) is 11.4 Å². The van der Waals surface area contributed by atoms with Crippen molar-refractivity contribution in [2.75, 3.05) is 6.54 Å². The van der Waals surface area contributed by atoms with Crippen LogP contribution in [-0.2, 0) is 14.0 Å². The van der Waals surface area contributed by atoms with E-state index in [0.29, 0.717) is 0 Å². The molecule has 1 aliphatic heterocycles. The smallest absolute Gasteiger partial charge is 0.492 e. The highest BCUT2D eigenvalue weighted by molar-refractivity contribution is 6.56. The summed E-state index contributed by atoms with van der Waals surface area (Å²) in [4.78, 5) is 12.1. The number of amides is 1. The first kappa shape index (κ1) is 22.3. The van der Waals surface area contributed by atoms with Gasteiger partial charge in [-0.2, -0.15) is 0 Å². The predicted octanol–water partition coefficient (Wildman–Crippen LogP) is 4.24. The van der Waals surface area contributed by atoms with Crippen LogP contribution < -0.4 is 5.32 Å². The molecule has 2 rings (SSSR count). The molecule has 0 radical (unpaired) electrons. The maximum atomic E-state index is 12.1. The number of hydrogen-bond acceptors (Lipinski definition) is 5. The average Bonchev–Trinajstić information content (AvgIpc) is 2.73. The summed E-state index contributed by atoms with van der Waals surface area (Å²) in [6.07, 6.45) is 1.41. The number of phenols is 1. The van der Waals surface area contributed by atoms with E-state index in [9.17, 15) is 9.90 Å². The summed E-state index contributed by atoms with van der Waals surface area (Å²) in [5.74, 6) is 0.237. The van der Waals surface area contributed by atoms with Gasteiger partial charge in [0, 0.05) is 6.54 Å². The minimum atomic E-state index is -0.603. The van der Waals surface area contributed by atoms with Crippen LogP contribution in [0.5, 0.6) is 5.75 Å². The Morgan fingerprint density at radius 1 is 1.21 bits per heavy atom. The van der Waals surface area contributed by atoms with Crippen molar-refractivity contribution in [3.63, 3.8) is 0 Å². The van der Waals surface area contributed by atoms with Gasteiger partial charge < -0.3 is 24.5 Å². The van der Waals surface area contributed by atoms with Gasteiger partial charge in [-0.25, -0.2) is 4.79 Å². The normalized spacial score (nSPS) is 18.9. The van der Waals surface area contributed by atoms with E-state index < -0.39 is 30.0 Å². The molecule has 154 valence electrons. The Kier molecular flexibility index (Phi) is 6.21. The van der Waals surface area contributed by atoms with Crippen LogP contribution in [0.15, 0.2) is 23.7 Å². The van der Waals surface area contributed by atoms with Crippen molar-refractivity contribution in [2.45, 2.75) is 72.2 Å². The second-order valence-corrected chi connectivity index (χ2v) is 9.21. The maximum absolute atomic E-state index is 12.1. The molecule has 0 unspecified atom stereocenters. The first-order valence-corrected chi connectivity index (χ1v) is 9.53. The number of alkyl carbamates (subject to hydrolysis) is 1. The molecular formula is C21H32BNO5. The fourth-order valence-corrected chi connectivity index (χ4v) is 2.67. The van der Waals surface area contributed by atoms with E-state index in [4.69, 9.17) is 14.0 Å². The molecule has 1 aromatic rings.